The van der Waals surface area contributed by atoms with Crippen LogP contribution in [0.15, 0.2) is 46.4 Å². The van der Waals surface area contributed by atoms with Crippen molar-refractivity contribution in [3.05, 3.63) is 64.7 Å². The Morgan fingerprint density at radius 2 is 1.56 bits per heavy atom. The van der Waals surface area contributed by atoms with Crippen molar-refractivity contribution in [1.82, 2.24) is 0 Å². The van der Waals surface area contributed by atoms with Gasteiger partial charge in [0.2, 0.25) is 0 Å². The molecule has 2 aromatic rings. The molecule has 170 valence electrons. The average Bonchev–Trinajstić information content (AvgIpc) is 2.78. The normalized spacial score (nSPS) is 12.2. The van der Waals surface area contributed by atoms with Crippen LogP contribution in [0, 0.1) is 11.6 Å². The molecule has 0 aliphatic carbocycles. The minimum absolute atomic E-state index is 0.149. The van der Waals surface area contributed by atoms with Crippen molar-refractivity contribution < 1.29 is 27.8 Å². The van der Waals surface area contributed by atoms with E-state index in [9.17, 15) is 13.6 Å². The van der Waals surface area contributed by atoms with E-state index in [1.807, 2.05) is 6.92 Å². The largest absolute Gasteiger partial charge is 0.491 e. The number of rotatable bonds is 10. The Balaban J connectivity index is 2.67. The molecule has 2 aromatic carbocycles. The van der Waals surface area contributed by atoms with Gasteiger partial charge in [0.25, 0.3) is 0 Å². The fourth-order valence-electron chi connectivity index (χ4n) is 3.05. The van der Waals surface area contributed by atoms with Crippen molar-refractivity contribution in [3.8, 4) is 5.75 Å². The molecule has 32 heavy (non-hydrogen) atoms. The molecule has 0 saturated carbocycles. The topological polar surface area (TPSA) is 69.5 Å². The summed E-state index contributed by atoms with van der Waals surface area (Å²) in [4.78, 5) is 20.5. The van der Waals surface area contributed by atoms with Gasteiger partial charge >= 0.3 is 5.97 Å². The maximum Gasteiger partial charge on any atom is 0.337 e. The summed E-state index contributed by atoms with van der Waals surface area (Å²) in [6.07, 6.45) is 1.40. The fraction of sp³-hybridized carbons (Fsp3) is 0.292. The van der Waals surface area contributed by atoms with Crippen molar-refractivity contribution in [3.63, 3.8) is 0 Å². The zero-order valence-electron chi connectivity index (χ0n) is 18.6. The quantitative estimate of drug-likeness (QED) is 0.219. The third kappa shape index (κ3) is 6.07. The molecule has 2 rings (SSSR count). The van der Waals surface area contributed by atoms with Crippen LogP contribution in [-0.4, -0.2) is 46.3 Å². The molecule has 0 amide bonds. The Morgan fingerprint density at radius 3 is 2.06 bits per heavy atom. The second-order valence-corrected chi connectivity index (χ2v) is 6.84. The number of halogens is 2. The highest BCUT2D eigenvalue weighted by molar-refractivity contribution is 5.98. The lowest BCUT2D eigenvalue weighted by Crippen LogP contribution is -2.02. The fourth-order valence-corrected chi connectivity index (χ4v) is 3.05. The smallest absolute Gasteiger partial charge is 0.337 e. The molecule has 0 spiro atoms. The highest BCUT2D eigenvalue weighted by Gasteiger charge is 2.18. The van der Waals surface area contributed by atoms with Crippen LogP contribution < -0.4 is 4.74 Å². The number of carbonyl (C=O) groups is 1. The summed E-state index contributed by atoms with van der Waals surface area (Å²) in [6.45, 7) is 5.99. The van der Waals surface area contributed by atoms with Gasteiger partial charge in [0, 0.05) is 30.6 Å². The summed E-state index contributed by atoms with van der Waals surface area (Å²) in [6, 6.07) is 8.71. The average molecular weight is 444 g/mol. The molecule has 0 aromatic heterocycles. The van der Waals surface area contributed by atoms with Crippen molar-refractivity contribution in [2.24, 2.45) is 9.98 Å². The highest BCUT2D eigenvalue weighted by atomic mass is 19.1. The number of carbonyl (C=O) groups excluding carboxylic acids is 1. The van der Waals surface area contributed by atoms with E-state index in [-0.39, 0.29) is 11.3 Å². The zero-order chi connectivity index (χ0) is 23.7. The van der Waals surface area contributed by atoms with E-state index in [2.05, 4.69) is 16.7 Å². The van der Waals surface area contributed by atoms with Gasteiger partial charge in [-0.15, -0.1) is 0 Å². The lowest BCUT2D eigenvalue weighted by molar-refractivity contribution is 0.0600. The van der Waals surface area contributed by atoms with E-state index in [0.717, 1.165) is 24.3 Å². The maximum atomic E-state index is 14.4. The van der Waals surface area contributed by atoms with Gasteiger partial charge in [-0.05, 0) is 50.7 Å². The molecule has 8 heteroatoms. The first-order chi connectivity index (χ1) is 15.4. The number of hydrogen-bond acceptors (Lipinski definition) is 6. The van der Waals surface area contributed by atoms with E-state index in [1.54, 1.807) is 31.4 Å². The second-order valence-electron chi connectivity index (χ2n) is 6.84. The van der Waals surface area contributed by atoms with Gasteiger partial charge in [0.05, 0.1) is 31.2 Å². The molecule has 0 radical (unpaired) electrons. The van der Waals surface area contributed by atoms with E-state index < -0.39 is 23.4 Å². The SMILES string of the molecule is C=N/C(=C(\N=C(/C)CCCOC)c1ccc(C(=O)OC)cc1)c1cc(F)c(OC)c(F)c1. The van der Waals surface area contributed by atoms with Crippen LogP contribution in [0.1, 0.15) is 41.3 Å². The molecule has 6 nitrogen and oxygen atoms in total. The van der Waals surface area contributed by atoms with Crippen molar-refractivity contribution >= 4 is 29.8 Å². The van der Waals surface area contributed by atoms with Crippen LogP contribution in [0.4, 0.5) is 8.78 Å². The lowest BCUT2D eigenvalue weighted by atomic mass is 10.0. The number of benzene rings is 2. The maximum absolute atomic E-state index is 14.4. The van der Waals surface area contributed by atoms with Gasteiger partial charge in [-0.25, -0.2) is 13.6 Å². The van der Waals surface area contributed by atoms with E-state index in [1.165, 1.54) is 14.2 Å². The molecular formula is C24H26F2N2O4. The first kappa shape index (κ1) is 24.9. The summed E-state index contributed by atoms with van der Waals surface area (Å²) in [5.74, 6) is -2.71. The number of methoxy groups -OCH3 is 3. The molecule has 0 bridgehead atoms. The summed E-state index contributed by atoms with van der Waals surface area (Å²) in [5, 5.41) is 0. The monoisotopic (exact) mass is 444 g/mol. The Morgan fingerprint density at radius 1 is 0.969 bits per heavy atom. The van der Waals surface area contributed by atoms with Crippen LogP contribution in [0.3, 0.4) is 0 Å². The van der Waals surface area contributed by atoms with Crippen molar-refractivity contribution in [2.45, 2.75) is 19.8 Å². The second kappa shape index (κ2) is 11.9. The summed E-state index contributed by atoms with van der Waals surface area (Å²) >= 11 is 0. The standard InChI is InChI=1S/C24H26F2N2O4/c1-15(7-6-12-30-3)28-22(16-8-10-17(11-9-16)24(29)32-5)21(27-2)18-13-19(25)23(31-4)20(26)14-18/h8-11,13-14H,2,6-7,12H2,1,3-5H3/b22-21-,28-15+. The highest BCUT2D eigenvalue weighted by Crippen LogP contribution is 2.33. The first-order valence-corrected chi connectivity index (χ1v) is 9.82. The van der Waals surface area contributed by atoms with Gasteiger partial charge in [-0.2, -0.15) is 0 Å². The van der Waals surface area contributed by atoms with Crippen LogP contribution >= 0.6 is 0 Å². The van der Waals surface area contributed by atoms with Gasteiger partial charge in [0.1, 0.15) is 0 Å². The minimum Gasteiger partial charge on any atom is -0.491 e. The van der Waals surface area contributed by atoms with Gasteiger partial charge in [0.15, 0.2) is 17.4 Å². The summed E-state index contributed by atoms with van der Waals surface area (Å²) in [7, 11) is 4.10. The van der Waals surface area contributed by atoms with Gasteiger partial charge in [-0.1, -0.05) is 12.1 Å². The van der Waals surface area contributed by atoms with Gasteiger partial charge in [-0.3, -0.25) is 9.98 Å². The lowest BCUT2D eigenvalue weighted by Gasteiger charge is -2.13. The predicted octanol–water partition coefficient (Wildman–Crippen LogP) is 5.17. The van der Waals surface area contributed by atoms with Crippen LogP contribution in [0.2, 0.25) is 0 Å². The molecular weight excluding hydrogens is 418 g/mol. The molecule has 0 fully saturated rings. The molecule has 0 saturated heterocycles. The van der Waals surface area contributed by atoms with E-state index >= 15 is 0 Å². The Kier molecular flexibility index (Phi) is 9.22. The van der Waals surface area contributed by atoms with Crippen molar-refractivity contribution in [1.29, 1.82) is 0 Å². The third-order valence-electron chi connectivity index (χ3n) is 4.63. The minimum atomic E-state index is -0.871. The predicted molar refractivity (Wildman–Crippen MR) is 121 cm³/mol. The Bertz CT molecular complexity index is 1010. The molecule has 0 aliphatic rings. The first-order valence-electron chi connectivity index (χ1n) is 9.82. The Labute approximate surface area is 186 Å². The number of nitrogens with zero attached hydrogens (tertiary/aromatic N) is 2. The number of ether oxygens (including phenoxy) is 3. The van der Waals surface area contributed by atoms with Crippen LogP contribution in [0.5, 0.6) is 5.75 Å². The molecule has 0 aliphatic heterocycles. The molecule has 0 unspecified atom stereocenters. The third-order valence-corrected chi connectivity index (χ3v) is 4.63. The zero-order valence-corrected chi connectivity index (χ0v) is 18.6. The van der Waals surface area contributed by atoms with Crippen molar-refractivity contribution in [2.75, 3.05) is 27.9 Å². The Hall–Kier alpha value is -3.39. The number of esters is 1. The van der Waals surface area contributed by atoms with E-state index in [0.29, 0.717) is 29.9 Å². The molecule has 0 atom stereocenters. The van der Waals surface area contributed by atoms with Crippen LogP contribution in [-0.2, 0) is 9.47 Å². The summed E-state index contributed by atoms with van der Waals surface area (Å²) in [5.41, 5.74) is 2.40. The number of hydrogen-bond donors (Lipinski definition) is 0. The van der Waals surface area contributed by atoms with Crippen LogP contribution in [0.25, 0.3) is 11.4 Å². The van der Waals surface area contributed by atoms with E-state index in [4.69, 9.17) is 14.2 Å². The molecule has 0 N–H and O–H groups in total. The number of aliphatic imine (C=N–C) groups is 2. The summed E-state index contributed by atoms with van der Waals surface area (Å²) < 4.78 is 43.3. The van der Waals surface area contributed by atoms with Gasteiger partial charge < -0.3 is 14.2 Å². The molecule has 0 heterocycles.